The van der Waals surface area contributed by atoms with Gasteiger partial charge in [0.25, 0.3) is 5.91 Å². The second-order valence-electron chi connectivity index (χ2n) is 5.52. The molecule has 0 aliphatic carbocycles. The molecular weight excluding hydrogens is 320 g/mol. The van der Waals surface area contributed by atoms with Crippen LogP contribution >= 0.6 is 0 Å². The third kappa shape index (κ3) is 5.99. The Morgan fingerprint density at radius 3 is 2.35 bits per heavy atom. The first kappa shape index (κ1) is 19.1. The molecular formula is C15H22N2O5S. The summed E-state index contributed by atoms with van der Waals surface area (Å²) in [5.74, 6) is -1.79. The second kappa shape index (κ2) is 7.56. The number of sulfonamides is 1. The highest BCUT2D eigenvalue weighted by Gasteiger charge is 2.31. The molecule has 0 spiro atoms. The number of carboxylic acid groups (broad SMARTS) is 1. The Kier molecular flexibility index (Phi) is 6.28. The van der Waals surface area contributed by atoms with E-state index in [0.717, 1.165) is 0 Å². The summed E-state index contributed by atoms with van der Waals surface area (Å²) in [4.78, 5) is 23.4. The van der Waals surface area contributed by atoms with Crippen molar-refractivity contribution < 1.29 is 23.1 Å². The molecule has 0 aliphatic heterocycles. The number of carboxylic acids is 1. The van der Waals surface area contributed by atoms with E-state index < -0.39 is 27.4 Å². The molecule has 1 rings (SSSR count). The van der Waals surface area contributed by atoms with Crippen LogP contribution in [0.3, 0.4) is 0 Å². The van der Waals surface area contributed by atoms with Crippen molar-refractivity contribution in [3.8, 4) is 0 Å². The zero-order valence-corrected chi connectivity index (χ0v) is 14.0. The quantitative estimate of drug-likeness (QED) is 0.655. The molecule has 23 heavy (non-hydrogen) atoms. The van der Waals surface area contributed by atoms with E-state index in [1.54, 1.807) is 18.2 Å². The van der Waals surface area contributed by atoms with Crippen LogP contribution in [0, 0.1) is 0 Å². The van der Waals surface area contributed by atoms with Crippen molar-refractivity contribution >= 4 is 21.9 Å². The summed E-state index contributed by atoms with van der Waals surface area (Å²) >= 11 is 0. The van der Waals surface area contributed by atoms with Crippen LogP contribution in [-0.2, 0) is 20.6 Å². The Morgan fingerprint density at radius 1 is 1.26 bits per heavy atom. The maximum absolute atomic E-state index is 12.4. The third-order valence-corrected chi connectivity index (χ3v) is 4.51. The van der Waals surface area contributed by atoms with Crippen LogP contribution < -0.4 is 10.5 Å². The fourth-order valence-electron chi connectivity index (χ4n) is 2.36. The van der Waals surface area contributed by atoms with E-state index >= 15 is 0 Å². The van der Waals surface area contributed by atoms with Gasteiger partial charge in [-0.25, -0.2) is 13.6 Å². The minimum atomic E-state index is -3.69. The van der Waals surface area contributed by atoms with Crippen molar-refractivity contribution in [2.45, 2.75) is 44.4 Å². The molecule has 8 heteroatoms. The number of nitrogens with two attached hydrogens (primary N) is 1. The summed E-state index contributed by atoms with van der Waals surface area (Å²) in [6.45, 7) is 3.62. The third-order valence-electron chi connectivity index (χ3n) is 3.78. The minimum Gasteiger partial charge on any atom is -0.481 e. The molecule has 4 N–H and O–H groups in total. The Hall–Kier alpha value is -1.93. The standard InChI is InChI=1S/C15H22N2O5S/c1-3-15(4-2,9-13(18)19)17-14(20)12-7-5-6-11(8-12)10-23(16,21)22/h5-8H,3-4,9-10H2,1-2H3,(H,17,20)(H,18,19)(H2,16,21,22). The van der Waals surface area contributed by atoms with Gasteiger partial charge in [0, 0.05) is 5.56 Å². The Morgan fingerprint density at radius 2 is 1.87 bits per heavy atom. The van der Waals surface area contributed by atoms with Crippen LogP contribution in [0.4, 0.5) is 0 Å². The van der Waals surface area contributed by atoms with Crippen molar-refractivity contribution in [1.29, 1.82) is 0 Å². The summed E-state index contributed by atoms with van der Waals surface area (Å²) in [5, 5.41) is 16.8. The van der Waals surface area contributed by atoms with Gasteiger partial charge in [-0.2, -0.15) is 0 Å². The molecule has 1 amide bonds. The summed E-state index contributed by atoms with van der Waals surface area (Å²) in [5.41, 5.74) is -0.168. The number of rotatable bonds is 8. The van der Waals surface area contributed by atoms with Crippen LogP contribution in [0.5, 0.6) is 0 Å². The van der Waals surface area contributed by atoms with Gasteiger partial charge in [0.05, 0.1) is 17.7 Å². The van der Waals surface area contributed by atoms with E-state index in [1.807, 2.05) is 13.8 Å². The van der Waals surface area contributed by atoms with Crippen molar-refractivity contribution in [2.24, 2.45) is 5.14 Å². The van der Waals surface area contributed by atoms with Gasteiger partial charge in [0.2, 0.25) is 10.0 Å². The number of nitrogens with one attached hydrogen (secondary N) is 1. The monoisotopic (exact) mass is 342 g/mol. The molecule has 0 aromatic heterocycles. The van der Waals surface area contributed by atoms with Crippen LogP contribution in [0.15, 0.2) is 24.3 Å². The Labute approximate surface area is 135 Å². The average molecular weight is 342 g/mol. The van der Waals surface area contributed by atoms with Gasteiger partial charge < -0.3 is 10.4 Å². The first-order chi connectivity index (χ1) is 10.6. The molecule has 128 valence electrons. The Balaban J connectivity index is 3.00. The van der Waals surface area contributed by atoms with E-state index in [9.17, 15) is 18.0 Å². The fourth-order valence-corrected chi connectivity index (χ4v) is 3.00. The number of benzene rings is 1. The maximum Gasteiger partial charge on any atom is 0.305 e. The molecule has 1 aromatic rings. The molecule has 0 heterocycles. The predicted molar refractivity (Wildman–Crippen MR) is 86.3 cm³/mol. The summed E-state index contributed by atoms with van der Waals surface area (Å²) in [7, 11) is -3.69. The molecule has 7 nitrogen and oxygen atoms in total. The van der Waals surface area contributed by atoms with Gasteiger partial charge in [-0.3, -0.25) is 9.59 Å². The number of primary sulfonamides is 1. The van der Waals surface area contributed by atoms with E-state index in [4.69, 9.17) is 10.2 Å². The molecule has 0 saturated carbocycles. The molecule has 0 unspecified atom stereocenters. The predicted octanol–water partition coefficient (Wildman–Crippen LogP) is 1.24. The van der Waals surface area contributed by atoms with Gasteiger partial charge in [0.1, 0.15) is 0 Å². The van der Waals surface area contributed by atoms with E-state index in [0.29, 0.717) is 18.4 Å². The lowest BCUT2D eigenvalue weighted by Gasteiger charge is -2.31. The van der Waals surface area contributed by atoms with Crippen LogP contribution in [0.25, 0.3) is 0 Å². The molecule has 0 fully saturated rings. The number of hydrogen-bond donors (Lipinski definition) is 3. The highest BCUT2D eigenvalue weighted by atomic mass is 32.2. The number of aliphatic carboxylic acids is 1. The summed E-state index contributed by atoms with van der Waals surface area (Å²) in [6.07, 6.45) is 0.763. The second-order valence-corrected chi connectivity index (χ2v) is 7.13. The van der Waals surface area contributed by atoms with Crippen LogP contribution in [0.2, 0.25) is 0 Å². The molecule has 0 saturated heterocycles. The first-order valence-corrected chi connectivity index (χ1v) is 8.96. The van der Waals surface area contributed by atoms with Gasteiger partial charge in [0.15, 0.2) is 0 Å². The van der Waals surface area contributed by atoms with Crippen molar-refractivity contribution in [1.82, 2.24) is 5.32 Å². The molecule has 0 aliphatic rings. The molecule has 0 atom stereocenters. The van der Waals surface area contributed by atoms with E-state index in [-0.39, 0.29) is 17.7 Å². The average Bonchev–Trinajstić information content (AvgIpc) is 2.44. The molecule has 1 aromatic carbocycles. The van der Waals surface area contributed by atoms with Crippen molar-refractivity contribution in [3.63, 3.8) is 0 Å². The maximum atomic E-state index is 12.4. The highest BCUT2D eigenvalue weighted by Crippen LogP contribution is 2.21. The zero-order valence-electron chi connectivity index (χ0n) is 13.2. The zero-order chi connectivity index (χ0) is 17.7. The highest BCUT2D eigenvalue weighted by molar-refractivity contribution is 7.88. The van der Waals surface area contributed by atoms with Gasteiger partial charge >= 0.3 is 5.97 Å². The lowest BCUT2D eigenvalue weighted by molar-refractivity contribution is -0.138. The van der Waals surface area contributed by atoms with Gasteiger partial charge in [-0.15, -0.1) is 0 Å². The SMILES string of the molecule is CCC(CC)(CC(=O)O)NC(=O)c1cccc(CS(N)(=O)=O)c1. The minimum absolute atomic E-state index is 0.178. The number of amides is 1. The first-order valence-electron chi connectivity index (χ1n) is 7.24. The van der Waals surface area contributed by atoms with Crippen molar-refractivity contribution in [2.75, 3.05) is 0 Å². The fraction of sp³-hybridized carbons (Fsp3) is 0.467. The topological polar surface area (TPSA) is 127 Å². The van der Waals surface area contributed by atoms with Crippen LogP contribution in [-0.4, -0.2) is 30.9 Å². The summed E-state index contributed by atoms with van der Waals surface area (Å²) in [6, 6.07) is 6.10. The largest absolute Gasteiger partial charge is 0.481 e. The van der Waals surface area contributed by atoms with Crippen LogP contribution in [0.1, 0.15) is 49.0 Å². The van der Waals surface area contributed by atoms with E-state index in [2.05, 4.69) is 5.32 Å². The number of carbonyl (C=O) groups excluding carboxylic acids is 1. The van der Waals surface area contributed by atoms with Gasteiger partial charge in [-0.05, 0) is 30.5 Å². The van der Waals surface area contributed by atoms with E-state index in [1.165, 1.54) is 6.07 Å². The molecule has 0 bridgehead atoms. The lowest BCUT2D eigenvalue weighted by Crippen LogP contribution is -2.49. The number of hydrogen-bond acceptors (Lipinski definition) is 4. The smallest absolute Gasteiger partial charge is 0.305 e. The Bertz CT molecular complexity index is 681. The van der Waals surface area contributed by atoms with Crippen molar-refractivity contribution in [3.05, 3.63) is 35.4 Å². The molecule has 0 radical (unpaired) electrons. The number of carbonyl (C=O) groups is 2. The normalized spacial score (nSPS) is 12.0. The summed E-state index contributed by atoms with van der Waals surface area (Å²) < 4.78 is 22.3. The lowest BCUT2D eigenvalue weighted by atomic mass is 9.88. The van der Waals surface area contributed by atoms with Gasteiger partial charge in [-0.1, -0.05) is 26.0 Å².